The van der Waals surface area contributed by atoms with Gasteiger partial charge in [0.2, 0.25) is 0 Å². The Morgan fingerprint density at radius 3 is 2.33 bits per heavy atom. The van der Waals surface area contributed by atoms with E-state index in [1.165, 1.54) is 25.7 Å². The molecule has 0 aliphatic heterocycles. The van der Waals surface area contributed by atoms with Crippen LogP contribution in [0.4, 0.5) is 0 Å². The van der Waals surface area contributed by atoms with E-state index in [1.807, 2.05) is 0 Å². The molecular formula is C15H29NO2. The van der Waals surface area contributed by atoms with E-state index in [9.17, 15) is 4.79 Å². The number of carboxylic acids is 1. The normalized spacial score (nSPS) is 25.1. The lowest BCUT2D eigenvalue weighted by Gasteiger charge is -2.37. The van der Waals surface area contributed by atoms with Gasteiger partial charge in [-0.1, -0.05) is 20.8 Å². The quantitative estimate of drug-likeness (QED) is 0.716. The molecule has 0 aromatic heterocycles. The zero-order chi connectivity index (χ0) is 13.6. The van der Waals surface area contributed by atoms with E-state index in [1.54, 1.807) is 0 Å². The summed E-state index contributed by atoms with van der Waals surface area (Å²) >= 11 is 0. The standard InChI is InChI=1S/C15H29NO2/c1-15(2,3)13-8-6-12(7-9-13)11-16-10-4-5-14(17)18/h12-13,16H,4-11H2,1-3H3,(H,17,18). The maximum Gasteiger partial charge on any atom is 0.303 e. The monoisotopic (exact) mass is 255 g/mol. The largest absolute Gasteiger partial charge is 0.481 e. The van der Waals surface area contributed by atoms with Gasteiger partial charge in [0.25, 0.3) is 0 Å². The molecule has 0 bridgehead atoms. The molecule has 0 spiro atoms. The van der Waals surface area contributed by atoms with Gasteiger partial charge in [0.1, 0.15) is 0 Å². The molecule has 0 unspecified atom stereocenters. The summed E-state index contributed by atoms with van der Waals surface area (Å²) < 4.78 is 0. The average molecular weight is 255 g/mol. The van der Waals surface area contributed by atoms with Crippen molar-refractivity contribution < 1.29 is 9.90 Å². The minimum absolute atomic E-state index is 0.282. The minimum atomic E-state index is -0.692. The fourth-order valence-corrected chi connectivity index (χ4v) is 2.90. The van der Waals surface area contributed by atoms with Crippen LogP contribution in [-0.2, 0) is 4.79 Å². The number of rotatable bonds is 6. The highest BCUT2D eigenvalue weighted by molar-refractivity contribution is 5.66. The number of hydrogen-bond acceptors (Lipinski definition) is 2. The zero-order valence-corrected chi connectivity index (χ0v) is 12.2. The van der Waals surface area contributed by atoms with Gasteiger partial charge in [-0.15, -0.1) is 0 Å². The van der Waals surface area contributed by atoms with Gasteiger partial charge < -0.3 is 10.4 Å². The number of nitrogens with one attached hydrogen (secondary N) is 1. The molecule has 0 saturated heterocycles. The highest BCUT2D eigenvalue weighted by atomic mass is 16.4. The molecule has 1 aliphatic rings. The molecule has 0 atom stereocenters. The van der Waals surface area contributed by atoms with Crippen LogP contribution >= 0.6 is 0 Å². The van der Waals surface area contributed by atoms with Crippen LogP contribution in [0.3, 0.4) is 0 Å². The molecule has 1 saturated carbocycles. The Kier molecular flexibility index (Phi) is 6.13. The Morgan fingerprint density at radius 2 is 1.83 bits per heavy atom. The van der Waals surface area contributed by atoms with Crippen LogP contribution in [0, 0.1) is 17.3 Å². The molecule has 106 valence electrons. The van der Waals surface area contributed by atoms with Gasteiger partial charge in [0.15, 0.2) is 0 Å². The number of carbonyl (C=O) groups is 1. The Bertz CT molecular complexity index is 250. The zero-order valence-electron chi connectivity index (χ0n) is 12.2. The van der Waals surface area contributed by atoms with Crippen molar-refractivity contribution in [2.75, 3.05) is 13.1 Å². The first kappa shape index (κ1) is 15.5. The van der Waals surface area contributed by atoms with Gasteiger partial charge in [0.05, 0.1) is 0 Å². The predicted octanol–water partition coefficient (Wildman–Crippen LogP) is 3.29. The Hall–Kier alpha value is -0.570. The van der Waals surface area contributed by atoms with Crippen LogP contribution in [0.5, 0.6) is 0 Å². The van der Waals surface area contributed by atoms with Crippen LogP contribution in [0.15, 0.2) is 0 Å². The van der Waals surface area contributed by atoms with E-state index in [4.69, 9.17) is 5.11 Å². The fraction of sp³-hybridized carbons (Fsp3) is 0.933. The first-order valence-corrected chi connectivity index (χ1v) is 7.32. The lowest BCUT2D eigenvalue weighted by atomic mass is 9.70. The lowest BCUT2D eigenvalue weighted by Crippen LogP contribution is -2.31. The molecule has 0 heterocycles. The summed E-state index contributed by atoms with van der Waals surface area (Å²) in [5.74, 6) is 0.983. The van der Waals surface area contributed by atoms with Crippen molar-refractivity contribution >= 4 is 5.97 Å². The summed E-state index contributed by atoms with van der Waals surface area (Å²) in [6.45, 7) is 8.95. The van der Waals surface area contributed by atoms with Gasteiger partial charge in [-0.25, -0.2) is 0 Å². The average Bonchev–Trinajstić information content (AvgIpc) is 2.27. The summed E-state index contributed by atoms with van der Waals surface area (Å²) in [6, 6.07) is 0. The molecule has 2 N–H and O–H groups in total. The van der Waals surface area contributed by atoms with Crippen molar-refractivity contribution in [3.05, 3.63) is 0 Å². The van der Waals surface area contributed by atoms with Gasteiger partial charge in [0, 0.05) is 6.42 Å². The van der Waals surface area contributed by atoms with Gasteiger partial charge >= 0.3 is 5.97 Å². The Morgan fingerprint density at radius 1 is 1.22 bits per heavy atom. The predicted molar refractivity (Wildman–Crippen MR) is 74.6 cm³/mol. The van der Waals surface area contributed by atoms with Crippen molar-refractivity contribution in [3.63, 3.8) is 0 Å². The molecule has 0 amide bonds. The molecule has 3 heteroatoms. The third-order valence-corrected chi connectivity index (χ3v) is 4.25. The van der Waals surface area contributed by atoms with Crippen molar-refractivity contribution in [1.82, 2.24) is 5.32 Å². The maximum absolute atomic E-state index is 10.4. The smallest absolute Gasteiger partial charge is 0.303 e. The fourth-order valence-electron chi connectivity index (χ4n) is 2.90. The first-order chi connectivity index (χ1) is 8.39. The summed E-state index contributed by atoms with van der Waals surface area (Å²) in [6.07, 6.45) is 6.38. The summed E-state index contributed by atoms with van der Waals surface area (Å²) in [4.78, 5) is 10.4. The Balaban J connectivity index is 2.07. The highest BCUT2D eigenvalue weighted by Gasteiger charge is 2.29. The lowest BCUT2D eigenvalue weighted by molar-refractivity contribution is -0.137. The van der Waals surface area contributed by atoms with Crippen LogP contribution < -0.4 is 5.32 Å². The van der Waals surface area contributed by atoms with Crippen molar-refractivity contribution in [1.29, 1.82) is 0 Å². The summed E-state index contributed by atoms with van der Waals surface area (Å²) in [7, 11) is 0. The molecule has 1 aliphatic carbocycles. The highest BCUT2D eigenvalue weighted by Crippen LogP contribution is 2.39. The van der Waals surface area contributed by atoms with Crippen molar-refractivity contribution in [2.45, 2.75) is 59.3 Å². The first-order valence-electron chi connectivity index (χ1n) is 7.32. The van der Waals surface area contributed by atoms with Crippen LogP contribution in [0.2, 0.25) is 0 Å². The minimum Gasteiger partial charge on any atom is -0.481 e. The topological polar surface area (TPSA) is 49.3 Å². The molecule has 1 rings (SSSR count). The van der Waals surface area contributed by atoms with Gasteiger partial charge in [-0.3, -0.25) is 4.79 Å². The second-order valence-electron chi connectivity index (χ2n) is 6.79. The number of hydrogen-bond donors (Lipinski definition) is 2. The van der Waals surface area contributed by atoms with Crippen molar-refractivity contribution in [3.8, 4) is 0 Å². The molecule has 0 aromatic carbocycles. The molecule has 18 heavy (non-hydrogen) atoms. The number of aliphatic carboxylic acids is 1. The third-order valence-electron chi connectivity index (χ3n) is 4.25. The SMILES string of the molecule is CC(C)(C)C1CCC(CNCCCC(=O)O)CC1. The summed E-state index contributed by atoms with van der Waals surface area (Å²) in [5, 5.41) is 11.9. The van der Waals surface area contributed by atoms with E-state index in [-0.39, 0.29) is 6.42 Å². The van der Waals surface area contributed by atoms with E-state index in [0.717, 1.165) is 31.3 Å². The number of carboxylic acid groups (broad SMARTS) is 1. The van der Waals surface area contributed by atoms with Crippen LogP contribution in [0.25, 0.3) is 0 Å². The van der Waals surface area contributed by atoms with E-state index < -0.39 is 5.97 Å². The molecule has 3 nitrogen and oxygen atoms in total. The molecule has 0 radical (unpaired) electrons. The third kappa shape index (κ3) is 5.85. The second-order valence-corrected chi connectivity index (χ2v) is 6.79. The maximum atomic E-state index is 10.4. The van der Waals surface area contributed by atoms with Crippen LogP contribution in [-0.4, -0.2) is 24.2 Å². The molecular weight excluding hydrogens is 226 g/mol. The van der Waals surface area contributed by atoms with Gasteiger partial charge in [-0.2, -0.15) is 0 Å². The van der Waals surface area contributed by atoms with E-state index >= 15 is 0 Å². The van der Waals surface area contributed by atoms with E-state index in [0.29, 0.717) is 5.41 Å². The molecule has 0 aromatic rings. The molecule has 1 fully saturated rings. The van der Waals surface area contributed by atoms with Crippen molar-refractivity contribution in [2.24, 2.45) is 17.3 Å². The second kappa shape index (κ2) is 7.13. The van der Waals surface area contributed by atoms with Crippen LogP contribution in [0.1, 0.15) is 59.3 Å². The summed E-state index contributed by atoms with van der Waals surface area (Å²) in [5.41, 5.74) is 0.458. The van der Waals surface area contributed by atoms with Gasteiger partial charge in [-0.05, 0) is 62.4 Å². The Labute approximate surface area is 111 Å². The van der Waals surface area contributed by atoms with E-state index in [2.05, 4.69) is 26.1 Å².